The number of rotatable bonds is 3. The molecule has 1 N–H and O–H groups in total. The van der Waals surface area contributed by atoms with Crippen LogP contribution in [-0.4, -0.2) is 37.3 Å². The molecule has 0 spiro atoms. The molecule has 134 valence electrons. The van der Waals surface area contributed by atoms with Gasteiger partial charge in [0.05, 0.1) is 12.7 Å². The highest BCUT2D eigenvalue weighted by atomic mass is 16.6. The van der Waals surface area contributed by atoms with Crippen LogP contribution in [-0.2, 0) is 0 Å². The van der Waals surface area contributed by atoms with Crippen LogP contribution in [0.3, 0.4) is 0 Å². The number of hydrogen-bond acceptors (Lipinski definition) is 6. The van der Waals surface area contributed by atoms with Crippen molar-refractivity contribution in [2.75, 3.05) is 21.2 Å². The summed E-state index contributed by atoms with van der Waals surface area (Å²) in [6, 6.07) is 9.31. The van der Waals surface area contributed by atoms with E-state index in [0.29, 0.717) is 17.1 Å². The average Bonchev–Trinajstić information content (AvgIpc) is 2.62. The van der Waals surface area contributed by atoms with Gasteiger partial charge < -0.3 is 23.9 Å². The van der Waals surface area contributed by atoms with E-state index in [9.17, 15) is 14.7 Å². The molecule has 0 fully saturated rings. The van der Waals surface area contributed by atoms with E-state index in [1.54, 1.807) is 38.4 Å². The summed E-state index contributed by atoms with van der Waals surface area (Å²) in [7, 11) is 4.62. The van der Waals surface area contributed by atoms with Crippen LogP contribution in [0.15, 0.2) is 51.9 Å². The molecule has 0 saturated carbocycles. The zero-order valence-corrected chi connectivity index (χ0v) is 14.5. The fourth-order valence-corrected chi connectivity index (χ4v) is 2.42. The van der Waals surface area contributed by atoms with E-state index in [-0.39, 0.29) is 27.7 Å². The zero-order chi connectivity index (χ0) is 18.8. The number of carbonyl (C=O) groups excluding carboxylic acids is 1. The Morgan fingerprint density at radius 3 is 2.42 bits per heavy atom. The molecular formula is C19H17NO6. The Kier molecular flexibility index (Phi) is 4.53. The number of phenols is 1. The zero-order valence-electron chi connectivity index (χ0n) is 14.5. The molecule has 3 rings (SSSR count). The van der Waals surface area contributed by atoms with Crippen molar-refractivity contribution >= 4 is 17.1 Å². The Morgan fingerprint density at radius 2 is 1.81 bits per heavy atom. The lowest BCUT2D eigenvalue weighted by atomic mass is 10.0. The van der Waals surface area contributed by atoms with Gasteiger partial charge in [-0.2, -0.15) is 0 Å². The highest BCUT2D eigenvalue weighted by molar-refractivity contribution is 5.88. The molecule has 0 unspecified atom stereocenters. The van der Waals surface area contributed by atoms with Crippen LogP contribution in [0.5, 0.6) is 17.2 Å². The van der Waals surface area contributed by atoms with E-state index in [2.05, 4.69) is 0 Å². The van der Waals surface area contributed by atoms with Crippen LogP contribution in [0.4, 0.5) is 4.79 Å². The summed E-state index contributed by atoms with van der Waals surface area (Å²) in [6.07, 6.45) is 0.825. The summed E-state index contributed by atoms with van der Waals surface area (Å²) in [6.45, 7) is 0. The summed E-state index contributed by atoms with van der Waals surface area (Å²) in [5.74, 6) is 0.523. The van der Waals surface area contributed by atoms with E-state index >= 15 is 0 Å². The third kappa shape index (κ3) is 3.19. The monoisotopic (exact) mass is 355 g/mol. The summed E-state index contributed by atoms with van der Waals surface area (Å²) < 4.78 is 15.7. The minimum absolute atomic E-state index is 0.0754. The highest BCUT2D eigenvalue weighted by Crippen LogP contribution is 2.30. The Balaban J connectivity index is 2.01. The Bertz CT molecular complexity index is 1020. The first kappa shape index (κ1) is 17.3. The first-order valence-corrected chi connectivity index (χ1v) is 7.73. The quantitative estimate of drug-likeness (QED) is 0.776. The van der Waals surface area contributed by atoms with Crippen molar-refractivity contribution < 1.29 is 23.8 Å². The summed E-state index contributed by atoms with van der Waals surface area (Å²) in [5.41, 5.74) is 0.709. The topological polar surface area (TPSA) is 89.2 Å². The summed E-state index contributed by atoms with van der Waals surface area (Å²) in [4.78, 5) is 25.6. The SMILES string of the molecule is COc1cc(O)c2c(=O)c(-c3ccc(OC(=O)N(C)C)cc3)coc2c1. The first-order chi connectivity index (χ1) is 12.4. The minimum Gasteiger partial charge on any atom is -0.507 e. The van der Waals surface area contributed by atoms with E-state index < -0.39 is 6.09 Å². The largest absolute Gasteiger partial charge is 0.507 e. The van der Waals surface area contributed by atoms with Gasteiger partial charge in [0.15, 0.2) is 0 Å². The minimum atomic E-state index is -0.498. The van der Waals surface area contributed by atoms with Crippen LogP contribution in [0, 0.1) is 0 Å². The third-order valence-corrected chi connectivity index (χ3v) is 3.80. The molecule has 2 aromatic carbocycles. The highest BCUT2D eigenvalue weighted by Gasteiger charge is 2.15. The van der Waals surface area contributed by atoms with Gasteiger partial charge in [-0.3, -0.25) is 4.79 Å². The van der Waals surface area contributed by atoms with Crippen LogP contribution < -0.4 is 14.9 Å². The van der Waals surface area contributed by atoms with Gasteiger partial charge in [-0.25, -0.2) is 4.79 Å². The van der Waals surface area contributed by atoms with E-state index in [0.717, 1.165) is 0 Å². The smallest absolute Gasteiger partial charge is 0.414 e. The van der Waals surface area contributed by atoms with Crippen LogP contribution in [0.2, 0.25) is 0 Å². The van der Waals surface area contributed by atoms with Gasteiger partial charge in [-0.05, 0) is 17.7 Å². The molecule has 7 nitrogen and oxygen atoms in total. The van der Waals surface area contributed by atoms with Gasteiger partial charge in [0.25, 0.3) is 0 Å². The molecule has 7 heteroatoms. The van der Waals surface area contributed by atoms with Gasteiger partial charge >= 0.3 is 6.09 Å². The molecular weight excluding hydrogens is 338 g/mol. The molecule has 26 heavy (non-hydrogen) atoms. The van der Waals surface area contributed by atoms with Crippen molar-refractivity contribution in [2.45, 2.75) is 0 Å². The van der Waals surface area contributed by atoms with Crippen molar-refractivity contribution in [3.05, 3.63) is 52.9 Å². The number of amides is 1. The molecule has 1 amide bonds. The van der Waals surface area contributed by atoms with E-state index in [1.807, 2.05) is 0 Å². The van der Waals surface area contributed by atoms with E-state index in [4.69, 9.17) is 13.9 Å². The van der Waals surface area contributed by atoms with Crippen molar-refractivity contribution in [1.82, 2.24) is 4.90 Å². The lowest BCUT2D eigenvalue weighted by Gasteiger charge is -2.11. The second-order valence-corrected chi connectivity index (χ2v) is 5.78. The van der Waals surface area contributed by atoms with Crippen molar-refractivity contribution in [3.63, 3.8) is 0 Å². The molecule has 0 saturated heterocycles. The number of phenolic OH excluding ortho intramolecular Hbond substituents is 1. The van der Waals surface area contributed by atoms with Crippen molar-refractivity contribution in [1.29, 1.82) is 0 Å². The number of benzene rings is 2. The fourth-order valence-electron chi connectivity index (χ4n) is 2.42. The standard InChI is InChI=1S/C19H17NO6/c1-20(2)19(23)26-12-6-4-11(5-7-12)14-10-25-16-9-13(24-3)8-15(21)17(16)18(14)22/h4-10,21H,1-3H3. The Hall–Kier alpha value is -3.48. The van der Waals surface area contributed by atoms with E-state index in [1.165, 1.54) is 30.4 Å². The van der Waals surface area contributed by atoms with Gasteiger partial charge in [-0.1, -0.05) is 12.1 Å². The molecule has 0 aliphatic carbocycles. The number of ether oxygens (including phenoxy) is 2. The molecule has 0 atom stereocenters. The molecule has 1 aromatic heterocycles. The maximum Gasteiger partial charge on any atom is 0.414 e. The predicted molar refractivity (Wildman–Crippen MR) is 95.8 cm³/mol. The summed E-state index contributed by atoms with van der Waals surface area (Å²) in [5, 5.41) is 10.2. The maximum absolute atomic E-state index is 12.7. The van der Waals surface area contributed by atoms with Gasteiger partial charge in [0, 0.05) is 26.2 Å². The lowest BCUT2D eigenvalue weighted by Crippen LogP contribution is -2.25. The number of carbonyl (C=O) groups is 1. The number of methoxy groups -OCH3 is 1. The second kappa shape index (κ2) is 6.79. The van der Waals surface area contributed by atoms with Crippen molar-refractivity contribution in [3.8, 4) is 28.4 Å². The Morgan fingerprint density at radius 1 is 1.12 bits per heavy atom. The molecule has 0 aliphatic rings. The van der Waals surface area contributed by atoms with Crippen LogP contribution in [0.25, 0.3) is 22.1 Å². The van der Waals surface area contributed by atoms with Gasteiger partial charge in [0.1, 0.15) is 34.5 Å². The molecule has 3 aromatic rings. The maximum atomic E-state index is 12.7. The third-order valence-electron chi connectivity index (χ3n) is 3.80. The number of hydrogen-bond donors (Lipinski definition) is 1. The molecule has 1 heterocycles. The fraction of sp³-hybridized carbons (Fsp3) is 0.158. The molecule has 0 aliphatic heterocycles. The predicted octanol–water partition coefficient (Wildman–Crippen LogP) is 3.23. The summed E-state index contributed by atoms with van der Waals surface area (Å²) >= 11 is 0. The first-order valence-electron chi connectivity index (χ1n) is 7.73. The average molecular weight is 355 g/mol. The normalized spacial score (nSPS) is 10.6. The second-order valence-electron chi connectivity index (χ2n) is 5.78. The molecule has 0 bridgehead atoms. The number of fused-ring (bicyclic) bond motifs is 1. The number of aromatic hydroxyl groups is 1. The van der Waals surface area contributed by atoms with Crippen LogP contribution >= 0.6 is 0 Å². The van der Waals surface area contributed by atoms with Gasteiger partial charge in [-0.15, -0.1) is 0 Å². The number of nitrogens with zero attached hydrogens (tertiary/aromatic N) is 1. The lowest BCUT2D eigenvalue weighted by molar-refractivity contribution is 0.172. The Labute approximate surface area is 149 Å². The molecule has 0 radical (unpaired) electrons. The van der Waals surface area contributed by atoms with Gasteiger partial charge in [0.2, 0.25) is 5.43 Å². The van der Waals surface area contributed by atoms with Crippen LogP contribution in [0.1, 0.15) is 0 Å². The van der Waals surface area contributed by atoms with Crippen molar-refractivity contribution in [2.24, 2.45) is 0 Å².